The summed E-state index contributed by atoms with van der Waals surface area (Å²) >= 11 is 5.36. The maximum Gasteiger partial charge on any atom is 0.242 e. The first-order chi connectivity index (χ1) is 14.5. The van der Waals surface area contributed by atoms with Crippen LogP contribution in [0.4, 0.5) is 4.39 Å². The van der Waals surface area contributed by atoms with Gasteiger partial charge in [-0.25, -0.2) is 4.39 Å². The molecule has 1 aliphatic rings. The number of piperazine rings is 1. The topological polar surface area (TPSA) is 57.2 Å². The van der Waals surface area contributed by atoms with Gasteiger partial charge < -0.3 is 4.90 Å². The van der Waals surface area contributed by atoms with E-state index in [1.165, 1.54) is 6.07 Å². The van der Waals surface area contributed by atoms with Gasteiger partial charge in [0, 0.05) is 43.9 Å². The van der Waals surface area contributed by atoms with Crippen LogP contribution in [-0.4, -0.2) is 56.7 Å². The monoisotopic (exact) mass is 425 g/mol. The third-order valence-corrected chi connectivity index (χ3v) is 5.72. The molecule has 1 N–H and O–H groups in total. The van der Waals surface area contributed by atoms with Gasteiger partial charge in [0.05, 0.1) is 0 Å². The standard InChI is InChI=1S/C22H24FN5OS/c1-16-5-4-7-17(13-16)21-24-25-22(30)28(21)15-20(29)27-11-9-26(10-12-27)14-18-6-2-3-8-19(18)23/h2-8,13H,9-12,14-15H2,1H3,(H,25,30). The van der Waals surface area contributed by atoms with Crippen molar-refractivity contribution in [2.75, 3.05) is 26.2 Å². The van der Waals surface area contributed by atoms with Crippen LogP contribution in [0.15, 0.2) is 48.5 Å². The molecular weight excluding hydrogens is 401 g/mol. The van der Waals surface area contributed by atoms with Crippen LogP contribution in [-0.2, 0) is 17.9 Å². The van der Waals surface area contributed by atoms with E-state index < -0.39 is 0 Å². The van der Waals surface area contributed by atoms with Crippen molar-refractivity contribution in [1.82, 2.24) is 24.6 Å². The smallest absolute Gasteiger partial charge is 0.242 e. The number of nitrogens with one attached hydrogen (secondary N) is 1. The number of amides is 1. The van der Waals surface area contributed by atoms with Gasteiger partial charge in [0.25, 0.3) is 0 Å². The summed E-state index contributed by atoms with van der Waals surface area (Å²) in [4.78, 5) is 16.9. The molecule has 0 atom stereocenters. The van der Waals surface area contributed by atoms with Crippen LogP contribution >= 0.6 is 12.2 Å². The molecule has 156 valence electrons. The summed E-state index contributed by atoms with van der Waals surface area (Å²) in [6.45, 7) is 5.35. The van der Waals surface area contributed by atoms with Crippen molar-refractivity contribution < 1.29 is 9.18 Å². The fourth-order valence-corrected chi connectivity index (χ4v) is 3.92. The van der Waals surface area contributed by atoms with Gasteiger partial charge in [0.15, 0.2) is 10.6 Å². The molecule has 0 spiro atoms. The van der Waals surface area contributed by atoms with Gasteiger partial charge in [-0.3, -0.25) is 19.4 Å². The van der Waals surface area contributed by atoms with Gasteiger partial charge in [0.1, 0.15) is 12.4 Å². The number of carbonyl (C=O) groups is 1. The van der Waals surface area contributed by atoms with Crippen LogP contribution in [0.2, 0.25) is 0 Å². The molecule has 4 rings (SSSR count). The zero-order chi connectivity index (χ0) is 21.1. The highest BCUT2D eigenvalue weighted by Crippen LogP contribution is 2.19. The van der Waals surface area contributed by atoms with Crippen LogP contribution in [0.5, 0.6) is 0 Å². The number of carbonyl (C=O) groups excluding carboxylic acids is 1. The predicted octanol–water partition coefficient (Wildman–Crippen LogP) is 3.40. The lowest BCUT2D eigenvalue weighted by Crippen LogP contribution is -2.49. The lowest BCUT2D eigenvalue weighted by atomic mass is 10.1. The van der Waals surface area contributed by atoms with E-state index in [-0.39, 0.29) is 18.3 Å². The SMILES string of the molecule is Cc1cccc(-c2n[nH]c(=S)n2CC(=O)N2CCN(Cc3ccccc3F)CC2)c1. The van der Waals surface area contributed by atoms with Gasteiger partial charge in [-0.1, -0.05) is 42.0 Å². The lowest BCUT2D eigenvalue weighted by molar-refractivity contribution is -0.133. The molecule has 1 saturated heterocycles. The summed E-state index contributed by atoms with van der Waals surface area (Å²) < 4.78 is 16.1. The number of halogens is 1. The molecule has 0 radical (unpaired) electrons. The molecule has 1 aliphatic heterocycles. The molecule has 1 amide bonds. The second-order valence-corrected chi connectivity index (χ2v) is 7.94. The fraction of sp³-hybridized carbons (Fsp3) is 0.318. The largest absolute Gasteiger partial charge is 0.339 e. The Labute approximate surface area is 179 Å². The van der Waals surface area contributed by atoms with Gasteiger partial charge in [0.2, 0.25) is 5.91 Å². The Kier molecular flexibility index (Phi) is 6.06. The molecular formula is C22H24FN5OS. The van der Waals surface area contributed by atoms with Crippen molar-refractivity contribution >= 4 is 18.1 Å². The van der Waals surface area contributed by atoms with Gasteiger partial charge in [-0.05, 0) is 31.3 Å². The summed E-state index contributed by atoms with van der Waals surface area (Å²) in [7, 11) is 0. The highest BCUT2D eigenvalue weighted by atomic mass is 32.1. The molecule has 1 fully saturated rings. The average Bonchev–Trinajstić information content (AvgIpc) is 3.10. The zero-order valence-electron chi connectivity index (χ0n) is 16.8. The van der Waals surface area contributed by atoms with Crippen LogP contribution in [0.25, 0.3) is 11.4 Å². The van der Waals surface area contributed by atoms with E-state index in [4.69, 9.17) is 12.2 Å². The fourth-order valence-electron chi connectivity index (χ4n) is 3.73. The summed E-state index contributed by atoms with van der Waals surface area (Å²) in [6, 6.07) is 14.8. The van der Waals surface area contributed by atoms with Crippen molar-refractivity contribution in [2.24, 2.45) is 0 Å². The molecule has 3 aromatic rings. The molecule has 1 aromatic heterocycles. The first kappa shape index (κ1) is 20.4. The Bertz CT molecular complexity index is 1100. The summed E-state index contributed by atoms with van der Waals surface area (Å²) in [5, 5.41) is 7.13. The second kappa shape index (κ2) is 8.89. The first-order valence-corrected chi connectivity index (χ1v) is 10.4. The van der Waals surface area contributed by atoms with Crippen LogP contribution in [0.1, 0.15) is 11.1 Å². The van der Waals surface area contributed by atoms with Gasteiger partial charge in [-0.15, -0.1) is 0 Å². The number of benzene rings is 2. The van der Waals surface area contributed by atoms with E-state index >= 15 is 0 Å². The second-order valence-electron chi connectivity index (χ2n) is 7.56. The number of hydrogen-bond acceptors (Lipinski definition) is 4. The normalized spacial score (nSPS) is 14.8. The minimum Gasteiger partial charge on any atom is -0.339 e. The molecule has 8 heteroatoms. The summed E-state index contributed by atoms with van der Waals surface area (Å²) in [5.74, 6) is 0.483. The Hall–Kier alpha value is -2.84. The number of aromatic nitrogens is 3. The summed E-state index contributed by atoms with van der Waals surface area (Å²) in [6.07, 6.45) is 0. The zero-order valence-corrected chi connectivity index (χ0v) is 17.7. The Morgan fingerprint density at radius 2 is 1.90 bits per heavy atom. The average molecular weight is 426 g/mol. The minimum absolute atomic E-state index is 0.00643. The van der Waals surface area contributed by atoms with Crippen molar-refractivity contribution in [3.8, 4) is 11.4 Å². The maximum absolute atomic E-state index is 13.9. The molecule has 6 nitrogen and oxygen atoms in total. The van der Waals surface area contributed by atoms with E-state index in [0.29, 0.717) is 48.9 Å². The number of hydrogen-bond donors (Lipinski definition) is 1. The highest BCUT2D eigenvalue weighted by Gasteiger charge is 2.23. The van der Waals surface area contributed by atoms with Crippen LogP contribution in [0, 0.1) is 17.5 Å². The summed E-state index contributed by atoms with van der Waals surface area (Å²) in [5.41, 5.74) is 2.72. The molecule has 0 unspecified atom stereocenters. The van der Waals surface area contributed by atoms with Gasteiger partial charge in [-0.2, -0.15) is 5.10 Å². The Morgan fingerprint density at radius 1 is 1.13 bits per heavy atom. The number of rotatable bonds is 5. The molecule has 0 bridgehead atoms. The van der Waals surface area contributed by atoms with Crippen molar-refractivity contribution in [2.45, 2.75) is 20.0 Å². The molecule has 2 heterocycles. The highest BCUT2D eigenvalue weighted by molar-refractivity contribution is 7.71. The van der Waals surface area contributed by atoms with E-state index in [0.717, 1.165) is 11.1 Å². The Balaban J connectivity index is 1.40. The van der Waals surface area contributed by atoms with Crippen LogP contribution in [0.3, 0.4) is 0 Å². The van der Waals surface area contributed by atoms with E-state index in [1.807, 2.05) is 42.2 Å². The minimum atomic E-state index is -0.186. The third kappa shape index (κ3) is 4.49. The first-order valence-electron chi connectivity index (χ1n) is 9.97. The quantitative estimate of drug-likeness (QED) is 0.637. The van der Waals surface area contributed by atoms with Crippen molar-refractivity contribution in [1.29, 1.82) is 0 Å². The van der Waals surface area contributed by atoms with E-state index in [1.54, 1.807) is 16.7 Å². The van der Waals surface area contributed by atoms with Crippen LogP contribution < -0.4 is 0 Å². The predicted molar refractivity (Wildman–Crippen MR) is 116 cm³/mol. The molecule has 2 aromatic carbocycles. The Morgan fingerprint density at radius 3 is 2.63 bits per heavy atom. The van der Waals surface area contributed by atoms with Crippen molar-refractivity contribution in [3.63, 3.8) is 0 Å². The number of H-pyrrole nitrogens is 1. The van der Waals surface area contributed by atoms with E-state index in [9.17, 15) is 9.18 Å². The number of nitrogens with zero attached hydrogens (tertiary/aromatic N) is 4. The molecule has 0 aliphatic carbocycles. The maximum atomic E-state index is 13.9. The van der Waals surface area contributed by atoms with Gasteiger partial charge >= 0.3 is 0 Å². The number of aryl methyl sites for hydroxylation is 1. The molecule has 30 heavy (non-hydrogen) atoms. The van der Waals surface area contributed by atoms with E-state index in [2.05, 4.69) is 15.1 Å². The number of aromatic amines is 1. The lowest BCUT2D eigenvalue weighted by Gasteiger charge is -2.35. The third-order valence-electron chi connectivity index (χ3n) is 5.40. The van der Waals surface area contributed by atoms with Crippen molar-refractivity contribution in [3.05, 3.63) is 70.2 Å². The molecule has 0 saturated carbocycles.